The van der Waals surface area contributed by atoms with Crippen molar-refractivity contribution >= 4 is 45.5 Å². The van der Waals surface area contributed by atoms with Crippen LogP contribution in [0.5, 0.6) is 0 Å². The van der Waals surface area contributed by atoms with Gasteiger partial charge in [0.2, 0.25) is 17.1 Å². The number of nitrogens with zero attached hydrogens (tertiary/aromatic N) is 4. The topological polar surface area (TPSA) is 12.7 Å². The first kappa shape index (κ1) is 38.7. The first-order chi connectivity index (χ1) is 25.4. The molecule has 0 radical (unpaired) electrons. The molecule has 0 fully saturated rings. The molecular weight excluding hydrogens is 633 g/mol. The van der Waals surface area contributed by atoms with Crippen molar-refractivity contribution in [2.45, 2.75) is 92.9 Å². The summed E-state index contributed by atoms with van der Waals surface area (Å²) in [6.45, 7) is 17.9. The number of rotatable bonds is 19. The zero-order chi connectivity index (χ0) is 36.7. The summed E-state index contributed by atoms with van der Waals surface area (Å²) in [6.07, 6.45) is 18.8. The van der Waals surface area contributed by atoms with E-state index in [2.05, 4.69) is 182 Å². The van der Waals surface area contributed by atoms with Crippen molar-refractivity contribution in [2.24, 2.45) is 5.92 Å². The van der Waals surface area contributed by atoms with Gasteiger partial charge >= 0.3 is 0 Å². The van der Waals surface area contributed by atoms with Crippen molar-refractivity contribution in [3.8, 4) is 0 Å². The Bertz CT molecular complexity index is 1640. The monoisotopic (exact) mass is 696 g/mol. The average molecular weight is 696 g/mol. The highest BCUT2D eigenvalue weighted by Crippen LogP contribution is 2.38. The summed E-state index contributed by atoms with van der Waals surface area (Å²) in [7, 11) is 0. The summed E-state index contributed by atoms with van der Waals surface area (Å²) < 4.78 is 2.36. The van der Waals surface area contributed by atoms with Gasteiger partial charge in [-0.3, -0.25) is 0 Å². The van der Waals surface area contributed by atoms with Crippen molar-refractivity contribution in [1.82, 2.24) is 4.58 Å². The van der Waals surface area contributed by atoms with Gasteiger partial charge in [-0.2, -0.15) is 4.58 Å². The third kappa shape index (κ3) is 10.3. The molecule has 0 aliphatic heterocycles. The molecule has 0 bridgehead atoms. The van der Waals surface area contributed by atoms with Gasteiger partial charge in [0.15, 0.2) is 0 Å². The van der Waals surface area contributed by atoms with Gasteiger partial charge in [0.1, 0.15) is 0 Å². The minimum absolute atomic E-state index is 0.438. The van der Waals surface area contributed by atoms with E-state index in [1.165, 1.54) is 85.4 Å². The molecule has 1 aliphatic rings. The van der Waals surface area contributed by atoms with Crippen LogP contribution in [0, 0.1) is 12.8 Å². The standard InChI is InChI=1S/C48H63N4/c1-7-11-35-49(36-12-8-2)41-23-27-45(28-24-41)52(46-29-25-42(26-30-46)50(37-13-9-3)38-14-10-4)48-33-31-47(32-34-48)51(43-19-15-39(5)16-20-43)44-21-17-40(6)18-22-44/h15-34,39H,7-14,35-38H2,1-6H3/q+1. The summed E-state index contributed by atoms with van der Waals surface area (Å²) in [5, 5.41) is 0. The third-order valence-corrected chi connectivity index (χ3v) is 10.1. The Labute approximate surface area is 315 Å². The Hall–Kier alpha value is -4.57. The SMILES string of the molecule is CCCCN(CCCC)c1ccc(N(c2ccc(N(CCCC)CCCC)cc2)c2ccc([N+](=C3C=CC(C)C=C3)c3ccc(C)cc3)cc2)cc1. The van der Waals surface area contributed by atoms with Gasteiger partial charge in [-0.15, -0.1) is 0 Å². The van der Waals surface area contributed by atoms with Crippen LogP contribution in [0.15, 0.2) is 121 Å². The van der Waals surface area contributed by atoms with Gasteiger partial charge in [-0.1, -0.05) is 90.2 Å². The molecule has 4 nitrogen and oxygen atoms in total. The zero-order valence-corrected chi connectivity index (χ0v) is 32.9. The summed E-state index contributed by atoms with van der Waals surface area (Å²) in [5.41, 5.74) is 10.8. The molecule has 274 valence electrons. The number of aryl methyl sites for hydroxylation is 1. The Kier molecular flexibility index (Phi) is 14.8. The molecule has 5 rings (SSSR count). The van der Waals surface area contributed by atoms with Crippen molar-refractivity contribution in [2.75, 3.05) is 40.9 Å². The predicted molar refractivity (Wildman–Crippen MR) is 230 cm³/mol. The maximum atomic E-state index is 2.57. The molecule has 0 saturated heterocycles. The van der Waals surface area contributed by atoms with E-state index in [-0.39, 0.29) is 0 Å². The van der Waals surface area contributed by atoms with Crippen molar-refractivity contribution in [3.63, 3.8) is 0 Å². The summed E-state index contributed by atoms with van der Waals surface area (Å²) in [5.74, 6) is 0.438. The highest BCUT2D eigenvalue weighted by molar-refractivity contribution is 6.08. The van der Waals surface area contributed by atoms with Crippen LogP contribution < -0.4 is 19.3 Å². The van der Waals surface area contributed by atoms with Crippen molar-refractivity contribution < 1.29 is 0 Å². The molecule has 52 heavy (non-hydrogen) atoms. The molecule has 0 atom stereocenters. The molecule has 0 N–H and O–H groups in total. The lowest BCUT2D eigenvalue weighted by atomic mass is 10.0. The fourth-order valence-electron chi connectivity index (χ4n) is 6.87. The highest BCUT2D eigenvalue weighted by atomic mass is 15.2. The van der Waals surface area contributed by atoms with Crippen LogP contribution in [0.1, 0.15) is 91.5 Å². The van der Waals surface area contributed by atoms with Crippen molar-refractivity contribution in [1.29, 1.82) is 0 Å². The lowest BCUT2D eigenvalue weighted by molar-refractivity contribution is 0.678. The molecule has 4 aromatic carbocycles. The van der Waals surface area contributed by atoms with Crippen LogP contribution in [-0.2, 0) is 0 Å². The van der Waals surface area contributed by atoms with Gasteiger partial charge in [0.25, 0.3) is 0 Å². The van der Waals surface area contributed by atoms with Crippen LogP contribution in [0.2, 0.25) is 0 Å². The van der Waals surface area contributed by atoms with Crippen LogP contribution >= 0.6 is 0 Å². The molecule has 4 heteroatoms. The van der Waals surface area contributed by atoms with Crippen molar-refractivity contribution in [3.05, 3.63) is 127 Å². The van der Waals surface area contributed by atoms with Crippen LogP contribution in [0.25, 0.3) is 0 Å². The second kappa shape index (κ2) is 19.9. The number of anilines is 5. The maximum absolute atomic E-state index is 2.57. The van der Waals surface area contributed by atoms with E-state index in [1.54, 1.807) is 0 Å². The van der Waals surface area contributed by atoms with Crippen LogP contribution in [0.3, 0.4) is 0 Å². The second-order valence-electron chi connectivity index (χ2n) is 14.4. The van der Waals surface area contributed by atoms with E-state index in [9.17, 15) is 0 Å². The molecule has 0 aromatic heterocycles. The molecular formula is C48H63N4+. The van der Waals surface area contributed by atoms with E-state index in [4.69, 9.17) is 0 Å². The Morgan fingerprint density at radius 2 is 0.788 bits per heavy atom. The largest absolute Gasteiger partial charge is 0.372 e. The lowest BCUT2D eigenvalue weighted by Gasteiger charge is -2.29. The quantitative estimate of drug-likeness (QED) is 0.0906. The van der Waals surface area contributed by atoms with E-state index in [0.717, 1.165) is 43.2 Å². The molecule has 4 aromatic rings. The Balaban J connectivity index is 1.54. The number of benzene rings is 4. The zero-order valence-electron chi connectivity index (χ0n) is 32.9. The fourth-order valence-corrected chi connectivity index (χ4v) is 6.87. The number of hydrogen-bond donors (Lipinski definition) is 0. The molecule has 1 aliphatic carbocycles. The Morgan fingerprint density at radius 1 is 0.462 bits per heavy atom. The van der Waals surface area contributed by atoms with E-state index >= 15 is 0 Å². The predicted octanol–water partition coefficient (Wildman–Crippen LogP) is 13.3. The lowest BCUT2D eigenvalue weighted by Crippen LogP contribution is -2.25. The van der Waals surface area contributed by atoms with Gasteiger partial charge in [0, 0.05) is 91.0 Å². The first-order valence-electron chi connectivity index (χ1n) is 20.2. The number of hydrogen-bond acceptors (Lipinski definition) is 3. The first-order valence-corrected chi connectivity index (χ1v) is 20.2. The van der Waals surface area contributed by atoms with E-state index in [0.29, 0.717) is 5.92 Å². The summed E-state index contributed by atoms with van der Waals surface area (Å²) in [6, 6.07) is 36.5. The fraction of sp³-hybridized carbons (Fsp3) is 0.396. The Morgan fingerprint density at radius 3 is 1.15 bits per heavy atom. The summed E-state index contributed by atoms with van der Waals surface area (Å²) in [4.78, 5) is 7.55. The minimum atomic E-state index is 0.438. The van der Waals surface area contributed by atoms with Gasteiger partial charge in [0.05, 0.1) is 0 Å². The molecule has 0 heterocycles. The van der Waals surface area contributed by atoms with Crippen LogP contribution in [0.4, 0.5) is 39.8 Å². The summed E-state index contributed by atoms with van der Waals surface area (Å²) >= 11 is 0. The van der Waals surface area contributed by atoms with Gasteiger partial charge < -0.3 is 14.7 Å². The maximum Gasteiger partial charge on any atom is 0.211 e. The highest BCUT2D eigenvalue weighted by Gasteiger charge is 2.21. The smallest absolute Gasteiger partial charge is 0.211 e. The molecule has 0 spiro atoms. The van der Waals surface area contributed by atoms with E-state index < -0.39 is 0 Å². The molecule has 0 saturated carbocycles. The van der Waals surface area contributed by atoms with Gasteiger partial charge in [-0.05, 0) is 99.2 Å². The van der Waals surface area contributed by atoms with Crippen LogP contribution in [-0.4, -0.2) is 31.9 Å². The van der Waals surface area contributed by atoms with E-state index in [1.807, 2.05) is 0 Å². The average Bonchev–Trinajstić information content (AvgIpc) is 3.18. The van der Waals surface area contributed by atoms with Gasteiger partial charge in [-0.25, -0.2) is 0 Å². The number of allylic oxidation sites excluding steroid dienone is 4. The number of unbranched alkanes of at least 4 members (excludes halogenated alkanes) is 4. The normalized spacial score (nSPS) is 13.7. The minimum Gasteiger partial charge on any atom is -0.372 e. The molecule has 0 unspecified atom stereocenters. The second-order valence-corrected chi connectivity index (χ2v) is 14.4. The molecule has 0 amide bonds. The third-order valence-electron chi connectivity index (χ3n) is 10.1.